The van der Waals surface area contributed by atoms with E-state index in [0.717, 1.165) is 24.2 Å². The fourth-order valence-electron chi connectivity index (χ4n) is 2.51. The van der Waals surface area contributed by atoms with Crippen LogP contribution in [0.3, 0.4) is 0 Å². The van der Waals surface area contributed by atoms with Gasteiger partial charge in [-0.2, -0.15) is 0 Å². The summed E-state index contributed by atoms with van der Waals surface area (Å²) in [4.78, 5) is 27.6. The molecule has 0 spiro atoms. The molecule has 0 atom stereocenters. The summed E-state index contributed by atoms with van der Waals surface area (Å²) < 4.78 is 5.31. The van der Waals surface area contributed by atoms with Crippen LogP contribution in [0.15, 0.2) is 18.2 Å². The summed E-state index contributed by atoms with van der Waals surface area (Å²) in [6.07, 6.45) is 0.372. The van der Waals surface area contributed by atoms with Crippen molar-refractivity contribution in [3.8, 4) is 0 Å². The molecular weight excluding hydrogens is 294 g/mol. The van der Waals surface area contributed by atoms with Crippen molar-refractivity contribution < 1.29 is 14.3 Å². The molecule has 0 bridgehead atoms. The van der Waals surface area contributed by atoms with E-state index in [4.69, 9.17) is 4.74 Å². The Hall–Kier alpha value is -2.24. The van der Waals surface area contributed by atoms with Crippen molar-refractivity contribution in [2.45, 2.75) is 32.8 Å². The van der Waals surface area contributed by atoms with Crippen molar-refractivity contribution >= 4 is 23.4 Å². The standard InChI is InChI=1S/C17H25N3O3/c1-17(2,3)23-16(22)18-13-8-6-7-12-9-10-20(15(12)13)11-14(21)19(4)5/h6-8H,9-11H2,1-5H3,(H,18,22). The third-order valence-electron chi connectivity index (χ3n) is 3.55. The first-order valence-corrected chi connectivity index (χ1v) is 7.74. The Balaban J connectivity index is 2.19. The van der Waals surface area contributed by atoms with Crippen molar-refractivity contribution in [3.05, 3.63) is 23.8 Å². The second-order valence-electron chi connectivity index (χ2n) is 6.90. The maximum absolute atomic E-state index is 12.0. The second kappa shape index (κ2) is 6.48. The first-order valence-electron chi connectivity index (χ1n) is 7.74. The van der Waals surface area contributed by atoms with Crippen molar-refractivity contribution in [1.29, 1.82) is 0 Å². The number of hydrogen-bond donors (Lipinski definition) is 1. The van der Waals surface area contributed by atoms with Gasteiger partial charge in [0.15, 0.2) is 0 Å². The van der Waals surface area contributed by atoms with Gasteiger partial charge in [0.1, 0.15) is 5.60 Å². The molecule has 6 nitrogen and oxygen atoms in total. The zero-order valence-corrected chi connectivity index (χ0v) is 14.5. The topological polar surface area (TPSA) is 61.9 Å². The number of likely N-dealkylation sites (N-methyl/N-ethyl adjacent to an activating group) is 1. The number of fused-ring (bicyclic) bond motifs is 1. The highest BCUT2D eigenvalue weighted by atomic mass is 16.6. The summed E-state index contributed by atoms with van der Waals surface area (Å²) in [5.74, 6) is 0.0323. The molecule has 0 radical (unpaired) electrons. The molecule has 23 heavy (non-hydrogen) atoms. The van der Waals surface area contributed by atoms with Gasteiger partial charge >= 0.3 is 6.09 Å². The smallest absolute Gasteiger partial charge is 0.412 e. The van der Waals surface area contributed by atoms with Gasteiger partial charge < -0.3 is 14.5 Å². The van der Waals surface area contributed by atoms with Gasteiger partial charge in [0.05, 0.1) is 17.9 Å². The van der Waals surface area contributed by atoms with Gasteiger partial charge in [-0.3, -0.25) is 10.1 Å². The Morgan fingerprint density at radius 1 is 1.30 bits per heavy atom. The molecule has 1 aromatic carbocycles. The maximum Gasteiger partial charge on any atom is 0.412 e. The quantitative estimate of drug-likeness (QED) is 0.930. The van der Waals surface area contributed by atoms with Gasteiger partial charge in [0.2, 0.25) is 5.91 Å². The molecule has 2 rings (SSSR count). The third kappa shape index (κ3) is 4.37. The molecule has 0 aliphatic carbocycles. The molecule has 0 unspecified atom stereocenters. The lowest BCUT2D eigenvalue weighted by molar-refractivity contribution is -0.127. The van der Waals surface area contributed by atoms with E-state index in [1.807, 2.05) is 43.9 Å². The van der Waals surface area contributed by atoms with Gasteiger partial charge in [0.25, 0.3) is 0 Å². The molecule has 0 saturated heterocycles. The first kappa shape index (κ1) is 17.1. The van der Waals surface area contributed by atoms with E-state index in [-0.39, 0.29) is 5.91 Å². The zero-order valence-electron chi connectivity index (χ0n) is 14.5. The number of nitrogens with one attached hydrogen (secondary N) is 1. The Bertz CT molecular complexity index is 606. The van der Waals surface area contributed by atoms with E-state index in [0.29, 0.717) is 12.2 Å². The molecule has 1 N–H and O–H groups in total. The minimum absolute atomic E-state index is 0.0323. The third-order valence-corrected chi connectivity index (χ3v) is 3.55. The van der Waals surface area contributed by atoms with Crippen molar-refractivity contribution in [2.24, 2.45) is 0 Å². The van der Waals surface area contributed by atoms with Crippen molar-refractivity contribution in [2.75, 3.05) is 37.4 Å². The first-order chi connectivity index (χ1) is 10.7. The fourth-order valence-corrected chi connectivity index (χ4v) is 2.51. The van der Waals surface area contributed by atoms with E-state index in [1.165, 1.54) is 0 Å². The summed E-state index contributed by atoms with van der Waals surface area (Å²) in [6.45, 7) is 6.53. The van der Waals surface area contributed by atoms with E-state index < -0.39 is 11.7 Å². The molecule has 1 aromatic rings. The highest BCUT2D eigenvalue weighted by Gasteiger charge is 2.26. The molecule has 0 fully saturated rings. The highest BCUT2D eigenvalue weighted by molar-refractivity contribution is 5.93. The fraction of sp³-hybridized carbons (Fsp3) is 0.529. The van der Waals surface area contributed by atoms with E-state index in [2.05, 4.69) is 5.32 Å². The monoisotopic (exact) mass is 319 g/mol. The van der Waals surface area contributed by atoms with Crippen molar-refractivity contribution in [1.82, 2.24) is 4.90 Å². The molecule has 1 aliphatic rings. The van der Waals surface area contributed by atoms with Crippen LogP contribution in [0.5, 0.6) is 0 Å². The summed E-state index contributed by atoms with van der Waals surface area (Å²) in [6, 6.07) is 5.76. The van der Waals surface area contributed by atoms with Gasteiger partial charge in [0, 0.05) is 20.6 Å². The summed E-state index contributed by atoms with van der Waals surface area (Å²) in [5, 5.41) is 2.80. The normalized spacial score (nSPS) is 13.5. The van der Waals surface area contributed by atoms with Crippen LogP contribution in [-0.2, 0) is 16.0 Å². The average molecular weight is 319 g/mol. The number of anilines is 2. The summed E-state index contributed by atoms with van der Waals surface area (Å²) in [5.41, 5.74) is 2.17. The Kier molecular flexibility index (Phi) is 4.82. The number of nitrogens with zero attached hydrogens (tertiary/aromatic N) is 2. The SMILES string of the molecule is CN(C)C(=O)CN1CCc2cccc(NC(=O)OC(C)(C)C)c21. The predicted molar refractivity (Wildman–Crippen MR) is 90.9 cm³/mol. The van der Waals surface area contributed by atoms with Crippen molar-refractivity contribution in [3.63, 3.8) is 0 Å². The Labute approximate surface area is 137 Å². The van der Waals surface area contributed by atoms with Gasteiger partial charge in [-0.05, 0) is 38.8 Å². The molecule has 1 aliphatic heterocycles. The lowest BCUT2D eigenvalue weighted by Crippen LogP contribution is -2.36. The number of ether oxygens (including phenoxy) is 1. The Morgan fingerprint density at radius 2 is 2.00 bits per heavy atom. The minimum atomic E-state index is -0.553. The number of amides is 2. The Morgan fingerprint density at radius 3 is 2.61 bits per heavy atom. The van der Waals surface area contributed by atoms with E-state index in [9.17, 15) is 9.59 Å². The van der Waals surface area contributed by atoms with Gasteiger partial charge in [-0.25, -0.2) is 4.79 Å². The van der Waals surface area contributed by atoms with Crippen LogP contribution in [0.4, 0.5) is 16.2 Å². The minimum Gasteiger partial charge on any atom is -0.444 e. The average Bonchev–Trinajstić information content (AvgIpc) is 2.80. The van der Waals surface area contributed by atoms with E-state index >= 15 is 0 Å². The zero-order chi connectivity index (χ0) is 17.2. The predicted octanol–water partition coefficient (Wildman–Crippen LogP) is 2.48. The number of benzene rings is 1. The highest BCUT2D eigenvalue weighted by Crippen LogP contribution is 2.35. The lowest BCUT2D eigenvalue weighted by Gasteiger charge is -2.24. The molecular formula is C17H25N3O3. The van der Waals surface area contributed by atoms with Crippen LogP contribution in [0.25, 0.3) is 0 Å². The van der Waals surface area contributed by atoms with E-state index in [1.54, 1.807) is 19.0 Å². The molecule has 0 saturated carbocycles. The lowest BCUT2D eigenvalue weighted by atomic mass is 10.1. The second-order valence-corrected chi connectivity index (χ2v) is 6.90. The largest absolute Gasteiger partial charge is 0.444 e. The molecule has 126 valence electrons. The summed E-state index contributed by atoms with van der Waals surface area (Å²) in [7, 11) is 3.48. The van der Waals surface area contributed by atoms with Crippen LogP contribution >= 0.6 is 0 Å². The molecule has 1 heterocycles. The van der Waals surface area contributed by atoms with Crippen LogP contribution in [0.2, 0.25) is 0 Å². The summed E-state index contributed by atoms with van der Waals surface area (Å²) >= 11 is 0. The van der Waals surface area contributed by atoms with Crippen LogP contribution < -0.4 is 10.2 Å². The maximum atomic E-state index is 12.0. The number of hydrogen-bond acceptors (Lipinski definition) is 4. The van der Waals surface area contributed by atoms with Crippen LogP contribution in [0.1, 0.15) is 26.3 Å². The van der Waals surface area contributed by atoms with Gasteiger partial charge in [-0.15, -0.1) is 0 Å². The molecule has 6 heteroatoms. The number of carbonyl (C=O) groups is 2. The van der Waals surface area contributed by atoms with Gasteiger partial charge in [-0.1, -0.05) is 12.1 Å². The number of carbonyl (C=O) groups excluding carboxylic acids is 2. The van der Waals surface area contributed by atoms with Crippen LogP contribution in [0, 0.1) is 0 Å². The number of rotatable bonds is 3. The van der Waals surface area contributed by atoms with Crippen LogP contribution in [-0.4, -0.2) is 49.7 Å². The molecule has 2 amide bonds. The number of para-hydroxylation sites is 1. The molecule has 0 aromatic heterocycles.